The van der Waals surface area contributed by atoms with Crippen molar-refractivity contribution in [2.45, 2.75) is 0 Å². The van der Waals surface area contributed by atoms with E-state index >= 15 is 0 Å². The Morgan fingerprint density at radius 3 is 2.18 bits per heavy atom. The Balaban J connectivity index is 1.83. The lowest BCUT2D eigenvalue weighted by Gasteiger charge is -2.12. The molecule has 0 aromatic heterocycles. The van der Waals surface area contributed by atoms with Gasteiger partial charge in [-0.05, 0) is 30.3 Å². The van der Waals surface area contributed by atoms with E-state index in [2.05, 4.69) is 10.6 Å². The van der Waals surface area contributed by atoms with Gasteiger partial charge >= 0.3 is 0 Å². The molecule has 0 aliphatic rings. The van der Waals surface area contributed by atoms with Crippen molar-refractivity contribution >= 4 is 40.5 Å². The number of anilines is 2. The Morgan fingerprint density at radius 1 is 0.821 bits per heavy atom. The zero-order valence-corrected chi connectivity index (χ0v) is 15.1. The number of para-hydroxylation sites is 2. The van der Waals surface area contributed by atoms with Crippen molar-refractivity contribution < 1.29 is 14.5 Å². The maximum atomic E-state index is 12.6. The molecule has 0 radical (unpaired) electrons. The number of nitro groups is 1. The SMILES string of the molecule is O=C(Nc1ccccc1C(=O)Nc1ccccc1Cl)c1cccc([N+](=O)[O-])c1. The molecule has 3 rings (SSSR count). The largest absolute Gasteiger partial charge is 0.321 e. The van der Waals surface area contributed by atoms with E-state index in [1.807, 2.05) is 0 Å². The predicted octanol–water partition coefficient (Wildman–Crippen LogP) is 4.75. The lowest BCUT2D eigenvalue weighted by atomic mass is 10.1. The smallest absolute Gasteiger partial charge is 0.270 e. The van der Waals surface area contributed by atoms with Gasteiger partial charge < -0.3 is 10.6 Å². The highest BCUT2D eigenvalue weighted by molar-refractivity contribution is 6.34. The Morgan fingerprint density at radius 2 is 1.46 bits per heavy atom. The number of halogens is 1. The molecular weight excluding hydrogens is 382 g/mol. The van der Waals surface area contributed by atoms with Gasteiger partial charge in [0.2, 0.25) is 0 Å². The molecule has 0 saturated carbocycles. The third-order valence-electron chi connectivity index (χ3n) is 3.86. The Labute approximate surface area is 165 Å². The maximum absolute atomic E-state index is 12.6. The average Bonchev–Trinajstić information content (AvgIpc) is 2.70. The first-order valence-electron chi connectivity index (χ1n) is 8.16. The van der Waals surface area contributed by atoms with E-state index < -0.39 is 16.7 Å². The topological polar surface area (TPSA) is 101 Å². The molecule has 0 unspecified atom stereocenters. The molecule has 8 heteroatoms. The number of nitrogens with one attached hydrogen (secondary N) is 2. The minimum absolute atomic E-state index is 0.107. The first kappa shape index (κ1) is 19.1. The van der Waals surface area contributed by atoms with E-state index in [9.17, 15) is 19.7 Å². The first-order valence-corrected chi connectivity index (χ1v) is 8.54. The second-order valence-corrected chi connectivity index (χ2v) is 6.15. The van der Waals surface area contributed by atoms with Gasteiger partial charge in [0.1, 0.15) is 0 Å². The van der Waals surface area contributed by atoms with Crippen LogP contribution in [0.2, 0.25) is 5.02 Å². The number of rotatable bonds is 5. The van der Waals surface area contributed by atoms with Gasteiger partial charge in [-0.2, -0.15) is 0 Å². The van der Waals surface area contributed by atoms with Crippen molar-refractivity contribution in [2.24, 2.45) is 0 Å². The lowest BCUT2D eigenvalue weighted by Crippen LogP contribution is -2.18. The molecule has 3 aromatic carbocycles. The number of hydrogen-bond donors (Lipinski definition) is 2. The number of hydrogen-bond acceptors (Lipinski definition) is 4. The highest BCUT2D eigenvalue weighted by Crippen LogP contribution is 2.23. The van der Waals surface area contributed by atoms with E-state index in [4.69, 9.17) is 11.6 Å². The number of carbonyl (C=O) groups is 2. The fourth-order valence-corrected chi connectivity index (χ4v) is 2.68. The number of nitrogens with zero attached hydrogens (tertiary/aromatic N) is 1. The van der Waals surface area contributed by atoms with Crippen LogP contribution in [0.25, 0.3) is 0 Å². The van der Waals surface area contributed by atoms with Gasteiger partial charge in [-0.3, -0.25) is 19.7 Å². The second kappa shape index (κ2) is 8.32. The van der Waals surface area contributed by atoms with Crippen LogP contribution in [0.1, 0.15) is 20.7 Å². The van der Waals surface area contributed by atoms with Crippen LogP contribution in [0.4, 0.5) is 17.1 Å². The summed E-state index contributed by atoms with van der Waals surface area (Å²) in [7, 11) is 0. The standard InChI is InChI=1S/C20H14ClN3O4/c21-16-9-2-4-11-18(16)23-20(26)15-8-1-3-10-17(15)22-19(25)13-6-5-7-14(12-13)24(27)28/h1-12H,(H,22,25)(H,23,26). The first-order chi connectivity index (χ1) is 13.5. The zero-order chi connectivity index (χ0) is 20.1. The molecular formula is C20H14ClN3O4. The highest BCUT2D eigenvalue weighted by Gasteiger charge is 2.16. The fraction of sp³-hybridized carbons (Fsp3) is 0. The van der Waals surface area contributed by atoms with Crippen molar-refractivity contribution in [2.75, 3.05) is 10.6 Å². The van der Waals surface area contributed by atoms with E-state index in [1.165, 1.54) is 24.3 Å². The summed E-state index contributed by atoms with van der Waals surface area (Å²) in [6, 6.07) is 18.5. The molecule has 0 heterocycles. The van der Waals surface area contributed by atoms with Crippen LogP contribution in [0.3, 0.4) is 0 Å². The maximum Gasteiger partial charge on any atom is 0.270 e. The van der Waals surface area contributed by atoms with Crippen molar-refractivity contribution in [3.8, 4) is 0 Å². The summed E-state index contributed by atoms with van der Waals surface area (Å²) in [6.07, 6.45) is 0. The van der Waals surface area contributed by atoms with Crippen LogP contribution >= 0.6 is 11.6 Å². The minimum atomic E-state index is -0.582. The zero-order valence-electron chi connectivity index (χ0n) is 14.4. The van der Waals surface area contributed by atoms with Crippen molar-refractivity contribution in [1.29, 1.82) is 0 Å². The second-order valence-electron chi connectivity index (χ2n) is 5.74. The lowest BCUT2D eigenvalue weighted by molar-refractivity contribution is -0.384. The quantitative estimate of drug-likeness (QED) is 0.480. The van der Waals surface area contributed by atoms with Crippen LogP contribution in [0.5, 0.6) is 0 Å². The summed E-state index contributed by atoms with van der Waals surface area (Å²) < 4.78 is 0. The monoisotopic (exact) mass is 395 g/mol. The summed E-state index contributed by atoms with van der Waals surface area (Å²) in [5.41, 5.74) is 0.839. The molecule has 0 fully saturated rings. The van der Waals surface area contributed by atoms with E-state index in [-0.39, 0.29) is 22.5 Å². The van der Waals surface area contributed by atoms with Crippen LogP contribution in [0.15, 0.2) is 72.8 Å². The van der Waals surface area contributed by atoms with Gasteiger partial charge in [0.25, 0.3) is 17.5 Å². The third kappa shape index (κ3) is 4.33. The normalized spacial score (nSPS) is 10.2. The molecule has 0 aliphatic heterocycles. The van der Waals surface area contributed by atoms with Crippen molar-refractivity contribution in [1.82, 2.24) is 0 Å². The number of amides is 2. The van der Waals surface area contributed by atoms with Gasteiger partial charge in [-0.15, -0.1) is 0 Å². The van der Waals surface area contributed by atoms with Gasteiger partial charge in [0.05, 0.1) is 26.9 Å². The molecule has 140 valence electrons. The van der Waals surface area contributed by atoms with Gasteiger partial charge in [0.15, 0.2) is 0 Å². The summed E-state index contributed by atoms with van der Waals surface area (Å²) >= 11 is 6.06. The van der Waals surface area contributed by atoms with Crippen LogP contribution in [-0.4, -0.2) is 16.7 Å². The Hall–Kier alpha value is -3.71. The summed E-state index contributed by atoms with van der Waals surface area (Å²) in [4.78, 5) is 35.4. The third-order valence-corrected chi connectivity index (χ3v) is 4.19. The van der Waals surface area contributed by atoms with Crippen LogP contribution in [0, 0.1) is 10.1 Å². The fourth-order valence-electron chi connectivity index (χ4n) is 2.50. The highest BCUT2D eigenvalue weighted by atomic mass is 35.5. The molecule has 0 bridgehead atoms. The molecule has 0 aliphatic carbocycles. The molecule has 0 spiro atoms. The Bertz CT molecular complexity index is 1070. The molecule has 2 N–H and O–H groups in total. The van der Waals surface area contributed by atoms with Gasteiger partial charge in [-0.1, -0.05) is 41.9 Å². The summed E-state index contributed by atoms with van der Waals surface area (Å²) in [5, 5.41) is 16.6. The Kier molecular flexibility index (Phi) is 5.67. The molecule has 0 atom stereocenters. The number of non-ortho nitro benzene ring substituents is 1. The van der Waals surface area contributed by atoms with Crippen molar-refractivity contribution in [3.63, 3.8) is 0 Å². The molecule has 7 nitrogen and oxygen atoms in total. The van der Waals surface area contributed by atoms with Gasteiger partial charge in [0, 0.05) is 17.7 Å². The number of benzene rings is 3. The number of carbonyl (C=O) groups excluding carboxylic acids is 2. The predicted molar refractivity (Wildman–Crippen MR) is 107 cm³/mol. The van der Waals surface area contributed by atoms with Crippen LogP contribution < -0.4 is 10.6 Å². The summed E-state index contributed by atoms with van der Waals surface area (Å²) in [6.45, 7) is 0. The molecule has 3 aromatic rings. The van der Waals surface area contributed by atoms with Crippen molar-refractivity contribution in [3.05, 3.63) is 99.1 Å². The van der Waals surface area contributed by atoms with E-state index in [0.717, 1.165) is 0 Å². The van der Waals surface area contributed by atoms with Gasteiger partial charge in [-0.25, -0.2) is 0 Å². The summed E-state index contributed by atoms with van der Waals surface area (Å²) in [5.74, 6) is -1.02. The van der Waals surface area contributed by atoms with Crippen LogP contribution in [-0.2, 0) is 0 Å². The minimum Gasteiger partial charge on any atom is -0.321 e. The average molecular weight is 396 g/mol. The number of nitro benzene ring substituents is 1. The van der Waals surface area contributed by atoms with E-state index in [0.29, 0.717) is 10.7 Å². The van der Waals surface area contributed by atoms with E-state index in [1.54, 1.807) is 48.5 Å². The molecule has 2 amide bonds. The molecule has 0 saturated heterocycles. The molecule has 28 heavy (non-hydrogen) atoms.